The summed E-state index contributed by atoms with van der Waals surface area (Å²) in [6, 6.07) is 30.5. The van der Waals surface area contributed by atoms with Gasteiger partial charge < -0.3 is 19.4 Å². The lowest BCUT2D eigenvalue weighted by atomic mass is 9.73. The largest absolute Gasteiger partial charge is 0.457 e. The molecule has 5 nitrogen and oxygen atoms in total. The lowest BCUT2D eigenvalue weighted by molar-refractivity contribution is 0.150. The van der Waals surface area contributed by atoms with E-state index in [0.717, 1.165) is 30.5 Å². The molecule has 198 valence electrons. The fourth-order valence-corrected chi connectivity index (χ4v) is 6.62. The van der Waals surface area contributed by atoms with Crippen molar-refractivity contribution in [3.63, 3.8) is 0 Å². The molecule has 0 atom stereocenters. The quantitative estimate of drug-likeness (QED) is 0.275. The minimum absolute atomic E-state index is 0.0275. The van der Waals surface area contributed by atoms with Crippen LogP contribution in [0.2, 0.25) is 0 Å². The first-order valence-electron chi connectivity index (χ1n) is 13.8. The van der Waals surface area contributed by atoms with Crippen molar-refractivity contribution >= 4 is 28.4 Å². The number of ether oxygens (including phenoxy) is 1. The summed E-state index contributed by atoms with van der Waals surface area (Å²) in [6.07, 6.45) is 0. The number of para-hydroxylation sites is 2. The summed E-state index contributed by atoms with van der Waals surface area (Å²) in [4.78, 5) is 9.54. The van der Waals surface area contributed by atoms with Gasteiger partial charge in [-0.1, -0.05) is 56.3 Å². The highest BCUT2D eigenvalue weighted by atomic mass is 16.5. The van der Waals surface area contributed by atoms with Gasteiger partial charge in [-0.25, -0.2) is 0 Å². The highest BCUT2D eigenvalue weighted by molar-refractivity contribution is 5.90. The zero-order valence-electron chi connectivity index (χ0n) is 23.7. The second kappa shape index (κ2) is 8.27. The van der Waals surface area contributed by atoms with Crippen molar-refractivity contribution in [2.75, 3.05) is 42.1 Å². The van der Waals surface area contributed by atoms with E-state index in [9.17, 15) is 0 Å². The van der Waals surface area contributed by atoms with Gasteiger partial charge in [0, 0.05) is 41.5 Å². The smallest absolute Gasteiger partial charge is 0.129 e. The standard InChI is InChI=1S/C34H36N4O/c1-33(2)26-18-17-25(20-31(26)38-21-35(5)30-16-10-14-28(33)32(30)38)39-24-12-9-11-23(19-24)37-22-36(6)34(3,4)27-13-7-8-15-29(27)37/h7-20H,21-22H2,1-6H3. The highest BCUT2D eigenvalue weighted by Crippen LogP contribution is 2.55. The van der Waals surface area contributed by atoms with E-state index in [4.69, 9.17) is 4.74 Å². The van der Waals surface area contributed by atoms with E-state index in [2.05, 4.69) is 140 Å². The van der Waals surface area contributed by atoms with Crippen molar-refractivity contribution in [3.05, 3.63) is 102 Å². The van der Waals surface area contributed by atoms with E-state index < -0.39 is 0 Å². The summed E-state index contributed by atoms with van der Waals surface area (Å²) in [5.41, 5.74) is 10.2. The van der Waals surface area contributed by atoms with Crippen LogP contribution in [0.25, 0.3) is 0 Å². The topological polar surface area (TPSA) is 22.2 Å². The highest BCUT2D eigenvalue weighted by Gasteiger charge is 2.41. The molecule has 3 heterocycles. The molecule has 7 rings (SSSR count). The summed E-state index contributed by atoms with van der Waals surface area (Å²) in [5, 5.41) is 0. The molecule has 0 N–H and O–H groups in total. The average molecular weight is 517 g/mol. The van der Waals surface area contributed by atoms with Crippen molar-refractivity contribution in [3.8, 4) is 11.5 Å². The third kappa shape index (κ3) is 3.49. The molecule has 0 fully saturated rings. The second-order valence-electron chi connectivity index (χ2n) is 12.2. The Kier molecular flexibility index (Phi) is 5.11. The molecule has 3 aliphatic heterocycles. The Morgan fingerprint density at radius 3 is 2.18 bits per heavy atom. The number of anilines is 5. The van der Waals surface area contributed by atoms with Gasteiger partial charge in [0.05, 0.1) is 30.4 Å². The van der Waals surface area contributed by atoms with Crippen molar-refractivity contribution in [1.82, 2.24) is 4.90 Å². The van der Waals surface area contributed by atoms with Crippen molar-refractivity contribution in [2.45, 2.75) is 38.6 Å². The van der Waals surface area contributed by atoms with Crippen LogP contribution in [0.15, 0.2) is 84.9 Å². The molecule has 4 aromatic rings. The molecule has 5 heteroatoms. The van der Waals surface area contributed by atoms with Crippen molar-refractivity contribution < 1.29 is 4.74 Å². The molecule has 0 saturated heterocycles. The van der Waals surface area contributed by atoms with Crippen molar-refractivity contribution in [1.29, 1.82) is 0 Å². The molecule has 0 saturated carbocycles. The van der Waals surface area contributed by atoms with Gasteiger partial charge >= 0.3 is 0 Å². The van der Waals surface area contributed by atoms with Gasteiger partial charge in [-0.2, -0.15) is 0 Å². The fraction of sp³-hybridized carbons (Fsp3) is 0.294. The molecule has 0 aliphatic carbocycles. The number of benzene rings is 4. The summed E-state index contributed by atoms with van der Waals surface area (Å²) in [6.45, 7) is 10.9. The van der Waals surface area contributed by atoms with Gasteiger partial charge in [0.15, 0.2) is 0 Å². The monoisotopic (exact) mass is 516 g/mol. The van der Waals surface area contributed by atoms with Gasteiger partial charge in [0.2, 0.25) is 0 Å². The van der Waals surface area contributed by atoms with Gasteiger partial charge in [-0.3, -0.25) is 4.90 Å². The molecule has 0 aromatic heterocycles. The van der Waals surface area contributed by atoms with Gasteiger partial charge in [-0.15, -0.1) is 0 Å². The van der Waals surface area contributed by atoms with Crippen LogP contribution in [0.4, 0.5) is 28.4 Å². The predicted molar refractivity (Wildman–Crippen MR) is 161 cm³/mol. The average Bonchev–Trinajstić information content (AvgIpc) is 3.27. The number of fused-ring (bicyclic) bond motifs is 3. The predicted octanol–water partition coefficient (Wildman–Crippen LogP) is 7.94. The molecule has 39 heavy (non-hydrogen) atoms. The van der Waals surface area contributed by atoms with E-state index in [1.165, 1.54) is 39.4 Å². The number of rotatable bonds is 3. The summed E-state index contributed by atoms with van der Waals surface area (Å²) in [5.74, 6) is 1.70. The molecule has 0 spiro atoms. The zero-order chi connectivity index (χ0) is 27.1. The van der Waals surface area contributed by atoms with E-state index in [-0.39, 0.29) is 11.0 Å². The van der Waals surface area contributed by atoms with Crippen LogP contribution in [0, 0.1) is 0 Å². The van der Waals surface area contributed by atoms with Crippen LogP contribution in [0.1, 0.15) is 44.4 Å². The van der Waals surface area contributed by atoms with E-state index in [1.807, 2.05) is 6.07 Å². The third-order valence-corrected chi connectivity index (χ3v) is 9.18. The maximum atomic E-state index is 6.54. The number of nitrogens with zero attached hydrogens (tertiary/aromatic N) is 4. The normalized spacial score (nSPS) is 18.5. The van der Waals surface area contributed by atoms with E-state index >= 15 is 0 Å². The second-order valence-corrected chi connectivity index (χ2v) is 12.2. The molecule has 0 unspecified atom stereocenters. The Morgan fingerprint density at radius 2 is 1.33 bits per heavy atom. The Balaban J connectivity index is 1.23. The van der Waals surface area contributed by atoms with Crippen LogP contribution < -0.4 is 19.4 Å². The molecule has 3 aliphatic rings. The van der Waals surface area contributed by atoms with Crippen molar-refractivity contribution in [2.24, 2.45) is 0 Å². The van der Waals surface area contributed by atoms with Gasteiger partial charge in [0.1, 0.15) is 11.5 Å². The van der Waals surface area contributed by atoms with Gasteiger partial charge in [0.25, 0.3) is 0 Å². The molecule has 0 radical (unpaired) electrons. The molecular formula is C34H36N4O. The van der Waals surface area contributed by atoms with Crippen LogP contribution in [0.5, 0.6) is 11.5 Å². The first kappa shape index (κ1) is 24.1. The molecule has 4 aromatic carbocycles. The number of hydrogen-bond acceptors (Lipinski definition) is 5. The van der Waals surface area contributed by atoms with E-state index in [0.29, 0.717) is 0 Å². The fourth-order valence-electron chi connectivity index (χ4n) is 6.62. The maximum absolute atomic E-state index is 6.54. The summed E-state index contributed by atoms with van der Waals surface area (Å²) >= 11 is 0. The SMILES string of the molecule is CN1CN2c3cc(Oc4cccc(N5CN(C)C(C)(C)c6ccccc65)c4)ccc3C(C)(C)c3cccc1c32. The zero-order valence-corrected chi connectivity index (χ0v) is 23.7. The van der Waals surface area contributed by atoms with Crippen LogP contribution in [-0.2, 0) is 11.0 Å². The molecule has 0 bridgehead atoms. The lowest BCUT2D eigenvalue weighted by Crippen LogP contribution is -2.49. The first-order valence-corrected chi connectivity index (χ1v) is 13.8. The molecule has 0 amide bonds. The van der Waals surface area contributed by atoms with Crippen LogP contribution in [-0.4, -0.2) is 32.3 Å². The minimum Gasteiger partial charge on any atom is -0.457 e. The first-order chi connectivity index (χ1) is 18.7. The summed E-state index contributed by atoms with van der Waals surface area (Å²) < 4.78 is 6.54. The van der Waals surface area contributed by atoms with Gasteiger partial charge in [-0.05, 0) is 67.9 Å². The Bertz CT molecular complexity index is 1610. The summed E-state index contributed by atoms with van der Waals surface area (Å²) in [7, 11) is 4.36. The maximum Gasteiger partial charge on any atom is 0.129 e. The Hall–Kier alpha value is -3.96. The van der Waals surface area contributed by atoms with Crippen LogP contribution >= 0.6 is 0 Å². The lowest BCUT2D eigenvalue weighted by Gasteiger charge is -2.47. The Labute approximate surface area is 231 Å². The number of hydrogen-bond donors (Lipinski definition) is 0. The minimum atomic E-state index is -0.0811. The van der Waals surface area contributed by atoms with E-state index in [1.54, 1.807) is 0 Å². The van der Waals surface area contributed by atoms with Crippen LogP contribution in [0.3, 0.4) is 0 Å². The third-order valence-electron chi connectivity index (χ3n) is 9.18. The Morgan fingerprint density at radius 1 is 0.615 bits per heavy atom. The molecular weight excluding hydrogens is 480 g/mol.